The van der Waals surface area contributed by atoms with Crippen molar-refractivity contribution in [1.29, 1.82) is 0 Å². The third-order valence-corrected chi connectivity index (χ3v) is 1.79. The van der Waals surface area contributed by atoms with E-state index >= 15 is 0 Å². The predicted molar refractivity (Wildman–Crippen MR) is 47.6 cm³/mol. The molecule has 0 saturated heterocycles. The molecule has 13 heavy (non-hydrogen) atoms. The zero-order valence-electron chi connectivity index (χ0n) is 7.50. The van der Waals surface area contributed by atoms with Crippen LogP contribution in [0.25, 0.3) is 0 Å². The number of aliphatic hydroxyl groups excluding tert-OH is 1. The summed E-state index contributed by atoms with van der Waals surface area (Å²) in [7, 11) is 0. The molecule has 3 N–H and O–H groups in total. The van der Waals surface area contributed by atoms with Crippen LogP contribution in [0.5, 0.6) is 0 Å². The van der Waals surface area contributed by atoms with Gasteiger partial charge in [-0.05, 0) is 19.4 Å². The monoisotopic (exact) mass is 184 g/mol. The topological polar surface area (TPSA) is 59.1 Å². The van der Waals surface area contributed by atoms with Gasteiger partial charge in [0.05, 0.1) is 6.61 Å². The molecule has 0 fully saturated rings. The van der Waals surface area contributed by atoms with E-state index < -0.39 is 11.5 Å². The van der Waals surface area contributed by atoms with E-state index in [2.05, 4.69) is 4.98 Å². The second-order valence-electron chi connectivity index (χ2n) is 3.44. The maximum Gasteiger partial charge on any atom is 0.216 e. The van der Waals surface area contributed by atoms with Crippen LogP contribution in [0.2, 0.25) is 0 Å². The second kappa shape index (κ2) is 3.81. The Morgan fingerprint density at radius 2 is 2.38 bits per heavy atom. The Hall–Kier alpha value is -1.00. The Morgan fingerprint density at radius 3 is 2.92 bits per heavy atom. The zero-order chi connectivity index (χ0) is 9.90. The van der Waals surface area contributed by atoms with Gasteiger partial charge in [0.25, 0.3) is 0 Å². The van der Waals surface area contributed by atoms with Gasteiger partial charge in [-0.1, -0.05) is 6.07 Å². The molecule has 0 amide bonds. The lowest BCUT2D eigenvalue weighted by atomic mass is 9.96. The van der Waals surface area contributed by atoms with Gasteiger partial charge in [0.1, 0.15) is 0 Å². The molecule has 1 heterocycles. The molecule has 0 bridgehead atoms. The average Bonchev–Trinajstić information content (AvgIpc) is 2.09. The van der Waals surface area contributed by atoms with E-state index in [0.717, 1.165) is 0 Å². The number of halogens is 1. The van der Waals surface area contributed by atoms with Gasteiger partial charge in [0, 0.05) is 17.3 Å². The Bertz CT molecular complexity index is 289. The molecule has 1 rings (SSSR count). The Balaban J connectivity index is 2.80. The SMILES string of the molecule is CC(N)(CO)Cc1cccnc1F. The van der Waals surface area contributed by atoms with Crippen LogP contribution in [0, 0.1) is 5.95 Å². The van der Waals surface area contributed by atoms with Crippen molar-refractivity contribution in [2.45, 2.75) is 18.9 Å². The first kappa shape index (κ1) is 10.1. The van der Waals surface area contributed by atoms with Crippen LogP contribution in [0.3, 0.4) is 0 Å². The van der Waals surface area contributed by atoms with Gasteiger partial charge in [-0.2, -0.15) is 4.39 Å². The first-order chi connectivity index (χ1) is 6.05. The summed E-state index contributed by atoms with van der Waals surface area (Å²) in [5, 5.41) is 8.88. The summed E-state index contributed by atoms with van der Waals surface area (Å²) < 4.78 is 13.0. The molecule has 1 unspecified atom stereocenters. The third kappa shape index (κ3) is 2.75. The van der Waals surface area contributed by atoms with Crippen LogP contribution in [0.4, 0.5) is 4.39 Å². The molecule has 0 spiro atoms. The van der Waals surface area contributed by atoms with Crippen molar-refractivity contribution in [3.8, 4) is 0 Å². The molecule has 1 atom stereocenters. The van der Waals surface area contributed by atoms with Crippen LogP contribution >= 0.6 is 0 Å². The maximum absolute atomic E-state index is 13.0. The highest BCUT2D eigenvalue weighted by Crippen LogP contribution is 2.11. The summed E-state index contributed by atoms with van der Waals surface area (Å²) in [6, 6.07) is 3.26. The van der Waals surface area contributed by atoms with Gasteiger partial charge >= 0.3 is 0 Å². The van der Waals surface area contributed by atoms with E-state index in [-0.39, 0.29) is 13.0 Å². The number of nitrogens with zero attached hydrogens (tertiary/aromatic N) is 1. The number of rotatable bonds is 3. The molecule has 0 aliphatic rings. The lowest BCUT2D eigenvalue weighted by Gasteiger charge is -2.21. The zero-order valence-corrected chi connectivity index (χ0v) is 7.50. The largest absolute Gasteiger partial charge is 0.394 e. The molecule has 4 heteroatoms. The van der Waals surface area contributed by atoms with Crippen molar-refractivity contribution in [3.63, 3.8) is 0 Å². The highest BCUT2D eigenvalue weighted by Gasteiger charge is 2.19. The number of hydrogen-bond acceptors (Lipinski definition) is 3. The van der Waals surface area contributed by atoms with Crippen molar-refractivity contribution in [2.24, 2.45) is 5.73 Å². The molecular weight excluding hydrogens is 171 g/mol. The molecular formula is C9H13FN2O. The molecule has 0 aromatic carbocycles. The maximum atomic E-state index is 13.0. The van der Waals surface area contributed by atoms with Crippen LogP contribution in [-0.2, 0) is 6.42 Å². The minimum absolute atomic E-state index is 0.179. The van der Waals surface area contributed by atoms with Gasteiger partial charge in [-0.3, -0.25) is 0 Å². The molecule has 0 aliphatic heterocycles. The summed E-state index contributed by atoms with van der Waals surface area (Å²) in [6.45, 7) is 1.49. The van der Waals surface area contributed by atoms with Gasteiger partial charge in [-0.15, -0.1) is 0 Å². The van der Waals surface area contributed by atoms with Crippen molar-refractivity contribution < 1.29 is 9.50 Å². The van der Waals surface area contributed by atoms with Crippen LogP contribution < -0.4 is 5.73 Å². The summed E-state index contributed by atoms with van der Waals surface area (Å²) in [5.74, 6) is -0.521. The third-order valence-electron chi connectivity index (χ3n) is 1.79. The van der Waals surface area contributed by atoms with Gasteiger partial charge < -0.3 is 10.8 Å². The van der Waals surface area contributed by atoms with E-state index in [0.29, 0.717) is 5.56 Å². The molecule has 0 aliphatic carbocycles. The minimum atomic E-state index is -0.788. The predicted octanol–water partition coefficient (Wildman–Crippen LogP) is 0.473. The molecule has 1 aromatic rings. The van der Waals surface area contributed by atoms with E-state index in [9.17, 15) is 4.39 Å². The summed E-state index contributed by atoms with van der Waals surface area (Å²) in [6.07, 6.45) is 1.66. The van der Waals surface area contributed by atoms with Crippen molar-refractivity contribution in [3.05, 3.63) is 29.8 Å². The second-order valence-corrected chi connectivity index (χ2v) is 3.44. The van der Waals surface area contributed by atoms with Gasteiger partial charge in [0.2, 0.25) is 5.95 Å². The highest BCUT2D eigenvalue weighted by molar-refractivity contribution is 5.14. The molecule has 3 nitrogen and oxygen atoms in total. The van der Waals surface area contributed by atoms with Crippen molar-refractivity contribution in [1.82, 2.24) is 4.98 Å². The van der Waals surface area contributed by atoms with E-state index in [1.54, 1.807) is 19.1 Å². The molecule has 72 valence electrons. The Kier molecular flexibility index (Phi) is 2.95. The number of aliphatic hydroxyl groups is 1. The van der Waals surface area contributed by atoms with Crippen molar-refractivity contribution in [2.75, 3.05) is 6.61 Å². The van der Waals surface area contributed by atoms with Crippen molar-refractivity contribution >= 4 is 0 Å². The Labute approximate surface area is 76.4 Å². The average molecular weight is 184 g/mol. The summed E-state index contributed by atoms with van der Waals surface area (Å²) in [4.78, 5) is 3.49. The fourth-order valence-electron chi connectivity index (χ4n) is 1.04. The number of nitrogens with two attached hydrogens (primary N) is 1. The summed E-state index contributed by atoms with van der Waals surface area (Å²) >= 11 is 0. The van der Waals surface area contributed by atoms with Crippen LogP contribution in [-0.4, -0.2) is 22.2 Å². The standard InChI is InChI=1S/C9H13FN2O/c1-9(11,6-13)5-7-3-2-4-12-8(7)10/h2-4,13H,5-6,11H2,1H3. The number of hydrogen-bond donors (Lipinski definition) is 2. The van der Waals surface area contributed by atoms with Crippen LogP contribution in [0.1, 0.15) is 12.5 Å². The highest BCUT2D eigenvalue weighted by atomic mass is 19.1. The molecule has 0 radical (unpaired) electrons. The first-order valence-electron chi connectivity index (χ1n) is 4.04. The lowest BCUT2D eigenvalue weighted by molar-refractivity contribution is 0.207. The first-order valence-corrected chi connectivity index (χ1v) is 4.04. The fourth-order valence-corrected chi connectivity index (χ4v) is 1.04. The van der Waals surface area contributed by atoms with E-state index in [1.165, 1.54) is 6.20 Å². The van der Waals surface area contributed by atoms with E-state index in [1.807, 2.05) is 0 Å². The summed E-state index contributed by atoms with van der Waals surface area (Å²) in [5.41, 5.74) is 5.32. The molecule has 0 saturated carbocycles. The quantitative estimate of drug-likeness (QED) is 0.671. The van der Waals surface area contributed by atoms with Gasteiger partial charge in [-0.25, -0.2) is 4.98 Å². The number of aromatic nitrogens is 1. The van der Waals surface area contributed by atoms with E-state index in [4.69, 9.17) is 10.8 Å². The minimum Gasteiger partial charge on any atom is -0.394 e. The lowest BCUT2D eigenvalue weighted by Crippen LogP contribution is -2.42. The van der Waals surface area contributed by atoms with Crippen LogP contribution in [0.15, 0.2) is 18.3 Å². The molecule has 1 aromatic heterocycles. The fraction of sp³-hybridized carbons (Fsp3) is 0.444. The Morgan fingerprint density at radius 1 is 1.69 bits per heavy atom. The normalized spacial score (nSPS) is 15.4. The number of pyridine rings is 1. The smallest absolute Gasteiger partial charge is 0.216 e. The van der Waals surface area contributed by atoms with Gasteiger partial charge in [0.15, 0.2) is 0 Å².